The standard InChI is InChI=1S/C19H18ClNO2.Na/c1-12(2)8-14-11-21(18-10-15(20)6-7-17(14)18)16-5-3-4-13(9-16)19(22)23;/h3-7,9-12H,8H2,1-2H3,(H,22,23);/q;+1/p-1. The molecule has 3 aromatic rings. The smallest absolute Gasteiger partial charge is 0.545 e. The first kappa shape index (κ1) is 19.1. The molecule has 2 aromatic carbocycles. The summed E-state index contributed by atoms with van der Waals surface area (Å²) in [6, 6.07) is 12.6. The predicted molar refractivity (Wildman–Crippen MR) is 91.2 cm³/mol. The van der Waals surface area contributed by atoms with E-state index in [1.165, 1.54) is 11.6 Å². The van der Waals surface area contributed by atoms with Crippen molar-refractivity contribution in [3.8, 4) is 5.69 Å². The van der Waals surface area contributed by atoms with E-state index in [1.54, 1.807) is 12.1 Å². The van der Waals surface area contributed by atoms with Gasteiger partial charge in [0.15, 0.2) is 0 Å². The maximum Gasteiger partial charge on any atom is 1.00 e. The van der Waals surface area contributed by atoms with E-state index in [1.807, 2.05) is 28.8 Å². The SMILES string of the molecule is CC(C)Cc1cn(-c2cccc(C(=O)[O-])c2)c2cc(Cl)ccc12.[Na+]. The number of nitrogens with zero attached hydrogens (tertiary/aromatic N) is 1. The fourth-order valence-electron chi connectivity index (χ4n) is 2.87. The first-order chi connectivity index (χ1) is 11.0. The average molecular weight is 350 g/mol. The number of hydrogen-bond donors (Lipinski definition) is 0. The maximum atomic E-state index is 11.1. The minimum absolute atomic E-state index is 0. The molecule has 0 bridgehead atoms. The van der Waals surface area contributed by atoms with E-state index in [4.69, 9.17) is 11.6 Å². The molecule has 0 atom stereocenters. The van der Waals surface area contributed by atoms with Crippen LogP contribution >= 0.6 is 11.6 Å². The Hall–Kier alpha value is -1.26. The summed E-state index contributed by atoms with van der Waals surface area (Å²) >= 11 is 6.16. The summed E-state index contributed by atoms with van der Waals surface area (Å²) in [6.07, 6.45) is 3.01. The average Bonchev–Trinajstić information content (AvgIpc) is 2.84. The number of benzene rings is 2. The second-order valence-electron chi connectivity index (χ2n) is 6.12. The molecule has 1 aromatic heterocycles. The van der Waals surface area contributed by atoms with E-state index in [0.29, 0.717) is 10.9 Å². The van der Waals surface area contributed by atoms with Crippen molar-refractivity contribution >= 4 is 28.5 Å². The van der Waals surface area contributed by atoms with Crippen molar-refractivity contribution < 1.29 is 39.5 Å². The largest absolute Gasteiger partial charge is 1.00 e. The number of aromatic nitrogens is 1. The normalized spacial score (nSPS) is 10.8. The molecule has 1 heterocycles. The number of halogens is 1. The Morgan fingerprint density at radius 3 is 2.62 bits per heavy atom. The molecule has 0 aliphatic carbocycles. The first-order valence-electron chi connectivity index (χ1n) is 7.57. The van der Waals surface area contributed by atoms with Crippen molar-refractivity contribution in [3.63, 3.8) is 0 Å². The van der Waals surface area contributed by atoms with E-state index in [0.717, 1.165) is 23.0 Å². The number of carboxylic acid groups (broad SMARTS) is 1. The molecule has 3 nitrogen and oxygen atoms in total. The molecule has 0 saturated heterocycles. The third kappa shape index (κ3) is 3.86. The maximum absolute atomic E-state index is 11.1. The van der Waals surface area contributed by atoms with Crippen LogP contribution in [0.3, 0.4) is 0 Å². The molecule has 5 heteroatoms. The van der Waals surface area contributed by atoms with Gasteiger partial charge in [-0.2, -0.15) is 0 Å². The van der Waals surface area contributed by atoms with E-state index < -0.39 is 5.97 Å². The predicted octanol–water partition coefficient (Wildman–Crippen LogP) is 0.850. The topological polar surface area (TPSA) is 45.1 Å². The summed E-state index contributed by atoms with van der Waals surface area (Å²) < 4.78 is 1.99. The number of carbonyl (C=O) groups is 1. The molecular formula is C19H17ClNNaO2. The molecular weight excluding hydrogens is 333 g/mol. The minimum Gasteiger partial charge on any atom is -0.545 e. The number of fused-ring (bicyclic) bond motifs is 1. The zero-order chi connectivity index (χ0) is 16.6. The van der Waals surface area contributed by atoms with E-state index >= 15 is 0 Å². The van der Waals surface area contributed by atoms with E-state index in [9.17, 15) is 9.90 Å². The van der Waals surface area contributed by atoms with Gasteiger partial charge in [0.05, 0.1) is 11.5 Å². The fourth-order valence-corrected chi connectivity index (χ4v) is 3.04. The van der Waals surface area contributed by atoms with Gasteiger partial charge < -0.3 is 14.5 Å². The van der Waals surface area contributed by atoms with Crippen LogP contribution in [0, 0.1) is 5.92 Å². The van der Waals surface area contributed by atoms with Gasteiger partial charge in [-0.05, 0) is 47.7 Å². The Kier molecular flexibility index (Phi) is 6.16. The molecule has 3 rings (SSSR count). The van der Waals surface area contributed by atoms with Gasteiger partial charge in [-0.15, -0.1) is 0 Å². The number of carbonyl (C=O) groups excluding carboxylic acids is 1. The Labute approximate surface area is 168 Å². The van der Waals surface area contributed by atoms with Gasteiger partial charge in [0.25, 0.3) is 0 Å². The monoisotopic (exact) mass is 349 g/mol. The molecule has 0 spiro atoms. The van der Waals surface area contributed by atoms with Crippen LogP contribution in [0.5, 0.6) is 0 Å². The van der Waals surface area contributed by atoms with Gasteiger partial charge in [-0.3, -0.25) is 0 Å². The molecule has 0 fully saturated rings. The van der Waals surface area contributed by atoms with Crippen molar-refractivity contribution in [1.82, 2.24) is 4.57 Å². The van der Waals surface area contributed by atoms with Gasteiger partial charge in [0.2, 0.25) is 0 Å². The van der Waals surface area contributed by atoms with Gasteiger partial charge in [0.1, 0.15) is 0 Å². The van der Waals surface area contributed by atoms with Crippen LogP contribution in [0.1, 0.15) is 29.8 Å². The van der Waals surface area contributed by atoms with Crippen molar-refractivity contribution in [2.45, 2.75) is 20.3 Å². The minimum atomic E-state index is -1.18. The van der Waals surface area contributed by atoms with Gasteiger partial charge >= 0.3 is 29.6 Å². The summed E-state index contributed by atoms with van der Waals surface area (Å²) in [7, 11) is 0. The number of aromatic carboxylic acids is 1. The third-order valence-corrected chi connectivity index (χ3v) is 4.07. The van der Waals surface area contributed by atoms with Crippen LogP contribution in [0.15, 0.2) is 48.7 Å². The van der Waals surface area contributed by atoms with E-state index in [-0.39, 0.29) is 35.1 Å². The van der Waals surface area contributed by atoms with Crippen LogP contribution in [-0.4, -0.2) is 10.5 Å². The zero-order valence-electron chi connectivity index (χ0n) is 14.0. The van der Waals surface area contributed by atoms with E-state index in [2.05, 4.69) is 20.0 Å². The van der Waals surface area contributed by atoms with Crippen molar-refractivity contribution in [3.05, 3.63) is 64.8 Å². The van der Waals surface area contributed by atoms with Crippen LogP contribution < -0.4 is 34.7 Å². The van der Waals surface area contributed by atoms with Gasteiger partial charge in [-0.1, -0.05) is 43.6 Å². The third-order valence-electron chi connectivity index (χ3n) is 3.84. The molecule has 0 unspecified atom stereocenters. The quantitative estimate of drug-likeness (QED) is 0.656. The molecule has 0 radical (unpaired) electrons. The van der Waals surface area contributed by atoms with Crippen LogP contribution in [0.4, 0.5) is 0 Å². The Morgan fingerprint density at radius 1 is 1.21 bits per heavy atom. The van der Waals surface area contributed by atoms with Crippen molar-refractivity contribution in [1.29, 1.82) is 0 Å². The Bertz CT molecular complexity index is 886. The summed E-state index contributed by atoms with van der Waals surface area (Å²) in [5.41, 5.74) is 3.15. The second kappa shape index (κ2) is 7.75. The molecule has 0 aliphatic heterocycles. The molecule has 118 valence electrons. The molecule has 0 N–H and O–H groups in total. The first-order valence-corrected chi connectivity index (χ1v) is 7.95. The summed E-state index contributed by atoms with van der Waals surface area (Å²) in [5.74, 6) is -0.650. The number of hydrogen-bond acceptors (Lipinski definition) is 2. The molecule has 24 heavy (non-hydrogen) atoms. The summed E-state index contributed by atoms with van der Waals surface area (Å²) in [4.78, 5) is 11.1. The summed E-state index contributed by atoms with van der Waals surface area (Å²) in [6.45, 7) is 4.35. The summed E-state index contributed by atoms with van der Waals surface area (Å²) in [5, 5.41) is 12.9. The Balaban J connectivity index is 0.00000208. The number of rotatable bonds is 4. The van der Waals surface area contributed by atoms with Crippen molar-refractivity contribution in [2.75, 3.05) is 0 Å². The van der Waals surface area contributed by atoms with Gasteiger partial charge in [0, 0.05) is 22.3 Å². The fraction of sp³-hybridized carbons (Fsp3) is 0.211. The molecule has 0 saturated carbocycles. The molecule has 0 aliphatic rings. The molecule has 0 amide bonds. The van der Waals surface area contributed by atoms with Gasteiger partial charge in [-0.25, -0.2) is 0 Å². The zero-order valence-corrected chi connectivity index (χ0v) is 16.8. The van der Waals surface area contributed by atoms with Crippen molar-refractivity contribution in [2.24, 2.45) is 5.92 Å². The number of carboxylic acids is 1. The van der Waals surface area contributed by atoms with Crippen LogP contribution in [0.25, 0.3) is 16.6 Å². The Morgan fingerprint density at radius 2 is 1.96 bits per heavy atom. The van der Waals surface area contributed by atoms with Crippen LogP contribution in [-0.2, 0) is 6.42 Å². The second-order valence-corrected chi connectivity index (χ2v) is 6.56. The van der Waals surface area contributed by atoms with Crippen LogP contribution in [0.2, 0.25) is 5.02 Å².